The average molecular weight is 468 g/mol. The summed E-state index contributed by atoms with van der Waals surface area (Å²) in [6.45, 7) is 0.430. The van der Waals surface area contributed by atoms with E-state index in [-0.39, 0.29) is 12.3 Å². The Labute approximate surface area is 193 Å². The lowest BCUT2D eigenvalue weighted by Crippen LogP contribution is -2.38. The Morgan fingerprint density at radius 1 is 0.970 bits per heavy atom. The van der Waals surface area contributed by atoms with E-state index in [0.717, 1.165) is 11.3 Å². The molecule has 0 radical (unpaired) electrons. The fraction of sp³-hybridized carbons (Fsp3) is 0.208. The molecule has 0 saturated carbocycles. The lowest BCUT2D eigenvalue weighted by atomic mass is 10.2. The normalized spacial score (nSPS) is 12.7. The van der Waals surface area contributed by atoms with Gasteiger partial charge in [0, 0.05) is 18.8 Å². The van der Waals surface area contributed by atoms with Gasteiger partial charge in [-0.15, -0.1) is 0 Å². The second kappa shape index (κ2) is 9.83. The molecule has 0 aliphatic carbocycles. The maximum absolute atomic E-state index is 12.7. The van der Waals surface area contributed by atoms with Crippen LogP contribution in [0.1, 0.15) is 5.56 Å². The van der Waals surface area contributed by atoms with Gasteiger partial charge in [0.2, 0.25) is 10.0 Å². The number of amides is 2. The minimum absolute atomic E-state index is 0.00182. The molecular formula is C24H25N3O5S. The van der Waals surface area contributed by atoms with Crippen LogP contribution in [0.4, 0.5) is 16.2 Å². The number of carbonyl (C=O) groups is 1. The number of para-hydroxylation sites is 3. The lowest BCUT2D eigenvalue weighted by Gasteiger charge is -2.19. The van der Waals surface area contributed by atoms with Crippen LogP contribution in [0, 0.1) is 0 Å². The number of ether oxygens (including phenoxy) is 2. The van der Waals surface area contributed by atoms with E-state index in [1.54, 1.807) is 49.6 Å². The molecule has 2 amide bonds. The third-order valence-electron chi connectivity index (χ3n) is 5.23. The Kier molecular flexibility index (Phi) is 6.69. The molecule has 172 valence electrons. The van der Waals surface area contributed by atoms with Crippen molar-refractivity contribution in [3.63, 3.8) is 0 Å². The highest BCUT2D eigenvalue weighted by Crippen LogP contribution is 2.31. The van der Waals surface area contributed by atoms with Crippen molar-refractivity contribution in [1.29, 1.82) is 0 Å². The van der Waals surface area contributed by atoms with Crippen LogP contribution in [-0.2, 0) is 16.4 Å². The number of fused-ring (bicyclic) bond motifs is 1. The SMILES string of the molecule is COc1ccccc1Oc1ccc(NC(=O)NCCS(=O)(=O)N2CCc3ccccc32)cc1. The Morgan fingerprint density at radius 2 is 1.67 bits per heavy atom. The second-order valence-electron chi connectivity index (χ2n) is 7.43. The van der Waals surface area contributed by atoms with E-state index in [1.807, 2.05) is 30.3 Å². The number of rotatable bonds is 8. The Bertz CT molecular complexity index is 1230. The monoisotopic (exact) mass is 467 g/mol. The minimum atomic E-state index is -3.52. The molecule has 33 heavy (non-hydrogen) atoms. The van der Waals surface area contributed by atoms with Gasteiger partial charge >= 0.3 is 6.03 Å². The topological polar surface area (TPSA) is 97.0 Å². The second-order valence-corrected chi connectivity index (χ2v) is 9.44. The minimum Gasteiger partial charge on any atom is -0.493 e. The number of urea groups is 1. The fourth-order valence-electron chi connectivity index (χ4n) is 3.61. The molecule has 0 aromatic heterocycles. The third kappa shape index (κ3) is 5.38. The molecule has 1 aliphatic rings. The summed E-state index contributed by atoms with van der Waals surface area (Å²) in [7, 11) is -1.95. The summed E-state index contributed by atoms with van der Waals surface area (Å²) in [6, 6.07) is 21.1. The van der Waals surface area contributed by atoms with Crippen LogP contribution in [0.25, 0.3) is 0 Å². The highest BCUT2D eigenvalue weighted by atomic mass is 32.2. The molecule has 4 rings (SSSR count). The number of methoxy groups -OCH3 is 1. The molecule has 2 N–H and O–H groups in total. The van der Waals surface area contributed by atoms with Crippen LogP contribution in [-0.4, -0.2) is 40.4 Å². The fourth-order valence-corrected chi connectivity index (χ4v) is 5.04. The summed E-state index contributed by atoms with van der Waals surface area (Å²) in [5, 5.41) is 5.29. The molecule has 3 aromatic carbocycles. The van der Waals surface area contributed by atoms with Crippen molar-refractivity contribution in [2.75, 3.05) is 35.6 Å². The van der Waals surface area contributed by atoms with Gasteiger partial charge in [0.1, 0.15) is 5.75 Å². The number of nitrogens with one attached hydrogen (secondary N) is 2. The highest BCUT2D eigenvalue weighted by Gasteiger charge is 2.28. The molecular weight excluding hydrogens is 442 g/mol. The molecule has 8 nitrogen and oxygen atoms in total. The van der Waals surface area contributed by atoms with E-state index < -0.39 is 16.1 Å². The van der Waals surface area contributed by atoms with Crippen molar-refractivity contribution in [2.45, 2.75) is 6.42 Å². The van der Waals surface area contributed by atoms with Crippen molar-refractivity contribution in [2.24, 2.45) is 0 Å². The predicted octanol–water partition coefficient (Wildman–Crippen LogP) is 4.00. The standard InChI is InChI=1S/C24H25N3O5S/c1-31-22-8-4-5-9-23(22)32-20-12-10-19(11-13-20)26-24(28)25-15-17-33(29,30)27-16-14-18-6-2-3-7-21(18)27/h2-13H,14-17H2,1H3,(H2,25,26,28). The summed E-state index contributed by atoms with van der Waals surface area (Å²) in [4.78, 5) is 12.2. The van der Waals surface area contributed by atoms with Gasteiger partial charge in [-0.05, 0) is 54.4 Å². The van der Waals surface area contributed by atoms with Crippen LogP contribution in [0.2, 0.25) is 0 Å². The van der Waals surface area contributed by atoms with Crippen LogP contribution in [0.3, 0.4) is 0 Å². The number of sulfonamides is 1. The number of anilines is 2. The van der Waals surface area contributed by atoms with Crippen molar-refractivity contribution >= 4 is 27.4 Å². The van der Waals surface area contributed by atoms with Gasteiger partial charge in [0.05, 0.1) is 18.6 Å². The molecule has 3 aromatic rings. The van der Waals surface area contributed by atoms with Gasteiger partial charge in [-0.1, -0.05) is 30.3 Å². The molecule has 9 heteroatoms. The van der Waals surface area contributed by atoms with Gasteiger partial charge < -0.3 is 20.1 Å². The van der Waals surface area contributed by atoms with E-state index in [2.05, 4.69) is 10.6 Å². The first-order chi connectivity index (χ1) is 16.0. The first-order valence-electron chi connectivity index (χ1n) is 10.5. The van der Waals surface area contributed by atoms with E-state index in [4.69, 9.17) is 9.47 Å². The number of hydrogen-bond donors (Lipinski definition) is 2. The zero-order valence-electron chi connectivity index (χ0n) is 18.2. The number of carbonyl (C=O) groups excluding carboxylic acids is 1. The van der Waals surface area contributed by atoms with Crippen LogP contribution in [0.5, 0.6) is 17.2 Å². The number of nitrogens with zero attached hydrogens (tertiary/aromatic N) is 1. The van der Waals surface area contributed by atoms with Gasteiger partial charge in [0.15, 0.2) is 11.5 Å². The molecule has 0 atom stereocenters. The number of hydrogen-bond acceptors (Lipinski definition) is 5. The van der Waals surface area contributed by atoms with Crippen molar-refractivity contribution in [3.05, 3.63) is 78.4 Å². The summed E-state index contributed by atoms with van der Waals surface area (Å²) >= 11 is 0. The van der Waals surface area contributed by atoms with Crippen LogP contribution >= 0.6 is 0 Å². The molecule has 1 heterocycles. The Hall–Kier alpha value is -3.72. The van der Waals surface area contributed by atoms with Gasteiger partial charge in [0.25, 0.3) is 0 Å². The predicted molar refractivity (Wildman–Crippen MR) is 128 cm³/mol. The van der Waals surface area contributed by atoms with E-state index >= 15 is 0 Å². The van der Waals surface area contributed by atoms with Crippen molar-refractivity contribution < 1.29 is 22.7 Å². The summed E-state index contributed by atoms with van der Waals surface area (Å²) in [6.07, 6.45) is 0.695. The molecule has 0 unspecified atom stereocenters. The molecule has 1 aliphatic heterocycles. The zero-order chi connectivity index (χ0) is 23.3. The van der Waals surface area contributed by atoms with Crippen LogP contribution in [0.15, 0.2) is 72.8 Å². The van der Waals surface area contributed by atoms with E-state index in [1.165, 1.54) is 4.31 Å². The smallest absolute Gasteiger partial charge is 0.319 e. The maximum Gasteiger partial charge on any atom is 0.319 e. The Morgan fingerprint density at radius 3 is 2.42 bits per heavy atom. The van der Waals surface area contributed by atoms with E-state index in [0.29, 0.717) is 35.9 Å². The molecule has 0 fully saturated rings. The van der Waals surface area contributed by atoms with Gasteiger partial charge in [-0.3, -0.25) is 4.31 Å². The summed E-state index contributed by atoms with van der Waals surface area (Å²) in [5.74, 6) is 1.61. The average Bonchev–Trinajstić information content (AvgIpc) is 3.26. The highest BCUT2D eigenvalue weighted by molar-refractivity contribution is 7.92. The third-order valence-corrected chi connectivity index (χ3v) is 7.01. The first-order valence-corrected chi connectivity index (χ1v) is 12.1. The van der Waals surface area contributed by atoms with Crippen molar-refractivity contribution in [1.82, 2.24) is 5.32 Å². The molecule has 0 saturated heterocycles. The maximum atomic E-state index is 12.7. The molecule has 0 spiro atoms. The lowest BCUT2D eigenvalue weighted by molar-refractivity contribution is 0.252. The molecule has 0 bridgehead atoms. The van der Waals surface area contributed by atoms with Crippen LogP contribution < -0.4 is 24.4 Å². The largest absolute Gasteiger partial charge is 0.493 e. The zero-order valence-corrected chi connectivity index (χ0v) is 19.0. The Balaban J connectivity index is 1.27. The van der Waals surface area contributed by atoms with Gasteiger partial charge in [-0.25, -0.2) is 13.2 Å². The summed E-state index contributed by atoms with van der Waals surface area (Å²) < 4.78 is 37.9. The number of benzene rings is 3. The quantitative estimate of drug-likeness (QED) is 0.522. The van der Waals surface area contributed by atoms with E-state index in [9.17, 15) is 13.2 Å². The summed E-state index contributed by atoms with van der Waals surface area (Å²) in [5.41, 5.74) is 2.29. The first kappa shape index (κ1) is 22.5. The van der Waals surface area contributed by atoms with Crippen molar-refractivity contribution in [3.8, 4) is 17.2 Å². The van der Waals surface area contributed by atoms with Gasteiger partial charge in [-0.2, -0.15) is 0 Å².